The first kappa shape index (κ1) is 15.9. The minimum absolute atomic E-state index is 0.0590. The normalized spacial score (nSPS) is 11.6. The maximum atomic E-state index is 12.4. The predicted octanol–water partition coefficient (Wildman–Crippen LogP) is 3.58. The highest BCUT2D eigenvalue weighted by Crippen LogP contribution is 2.19. The molecule has 3 nitrogen and oxygen atoms in total. The van der Waals surface area contributed by atoms with Gasteiger partial charge in [-0.25, -0.2) is 0 Å². The summed E-state index contributed by atoms with van der Waals surface area (Å²) in [7, 11) is 0. The van der Waals surface area contributed by atoms with E-state index in [1.807, 2.05) is 0 Å². The van der Waals surface area contributed by atoms with Crippen molar-refractivity contribution >= 4 is 17.5 Å². The standard InChI is InChI=1S/C12H15ClF3NO2/c13-6-2-1-5-11(18)17(9-12(14,15)16)8-10-4-3-7-19-10/h3-4,7H,1-2,5-6,8-9H2. The SMILES string of the molecule is O=C(CCCCCl)N(Cc1ccco1)CC(F)(F)F. The van der Waals surface area contributed by atoms with Crippen molar-refractivity contribution in [1.82, 2.24) is 4.90 Å². The average molecular weight is 298 g/mol. The Labute approximate surface area is 114 Å². The lowest BCUT2D eigenvalue weighted by atomic mass is 10.2. The summed E-state index contributed by atoms with van der Waals surface area (Å²) in [6.45, 7) is -1.44. The molecule has 0 aliphatic rings. The third kappa shape index (κ3) is 6.52. The first-order valence-corrected chi connectivity index (χ1v) is 6.38. The third-order valence-electron chi connectivity index (χ3n) is 2.42. The van der Waals surface area contributed by atoms with E-state index in [4.69, 9.17) is 16.0 Å². The van der Waals surface area contributed by atoms with E-state index in [0.29, 0.717) is 24.5 Å². The van der Waals surface area contributed by atoms with Crippen LogP contribution in [0.15, 0.2) is 22.8 Å². The quantitative estimate of drug-likeness (QED) is 0.569. The minimum atomic E-state index is -4.42. The van der Waals surface area contributed by atoms with E-state index in [2.05, 4.69) is 0 Å². The number of unbranched alkanes of at least 4 members (excludes halogenated alkanes) is 1. The predicted molar refractivity (Wildman–Crippen MR) is 64.8 cm³/mol. The Morgan fingerprint density at radius 3 is 2.63 bits per heavy atom. The Hall–Kier alpha value is -1.17. The van der Waals surface area contributed by atoms with Crippen LogP contribution in [0.3, 0.4) is 0 Å². The molecule has 108 valence electrons. The molecule has 1 aromatic rings. The summed E-state index contributed by atoms with van der Waals surface area (Å²) in [5.41, 5.74) is 0. The lowest BCUT2D eigenvalue weighted by Gasteiger charge is -2.23. The molecule has 7 heteroatoms. The summed E-state index contributed by atoms with van der Waals surface area (Å²) in [4.78, 5) is 12.5. The molecule has 0 saturated heterocycles. The van der Waals surface area contributed by atoms with E-state index in [9.17, 15) is 18.0 Å². The number of amides is 1. The maximum Gasteiger partial charge on any atom is 0.406 e. The number of carbonyl (C=O) groups is 1. The second-order valence-electron chi connectivity index (χ2n) is 4.09. The van der Waals surface area contributed by atoms with Crippen molar-refractivity contribution in [3.63, 3.8) is 0 Å². The summed E-state index contributed by atoms with van der Waals surface area (Å²) in [6.07, 6.45) is -1.92. The minimum Gasteiger partial charge on any atom is -0.467 e. The number of hydrogen-bond acceptors (Lipinski definition) is 2. The molecule has 0 atom stereocenters. The zero-order valence-corrected chi connectivity index (χ0v) is 11.0. The second-order valence-corrected chi connectivity index (χ2v) is 4.47. The fourth-order valence-corrected chi connectivity index (χ4v) is 1.76. The Balaban J connectivity index is 2.60. The van der Waals surface area contributed by atoms with Crippen LogP contribution in [0.25, 0.3) is 0 Å². The van der Waals surface area contributed by atoms with Gasteiger partial charge in [-0.3, -0.25) is 4.79 Å². The molecule has 0 bridgehead atoms. The zero-order chi connectivity index (χ0) is 14.3. The van der Waals surface area contributed by atoms with Gasteiger partial charge >= 0.3 is 6.18 Å². The highest BCUT2D eigenvalue weighted by Gasteiger charge is 2.33. The zero-order valence-electron chi connectivity index (χ0n) is 10.3. The average Bonchev–Trinajstić information content (AvgIpc) is 2.79. The van der Waals surface area contributed by atoms with Gasteiger partial charge in [0, 0.05) is 12.3 Å². The highest BCUT2D eigenvalue weighted by atomic mass is 35.5. The number of furan rings is 1. The Kier molecular flexibility index (Phi) is 6.21. The molecular weight excluding hydrogens is 283 g/mol. The Bertz CT molecular complexity index is 379. The molecule has 0 N–H and O–H groups in total. The number of carbonyl (C=O) groups excluding carboxylic acids is 1. The monoisotopic (exact) mass is 297 g/mol. The maximum absolute atomic E-state index is 12.4. The van der Waals surface area contributed by atoms with E-state index in [1.165, 1.54) is 12.3 Å². The summed E-state index contributed by atoms with van der Waals surface area (Å²) >= 11 is 5.47. The number of rotatable bonds is 7. The summed E-state index contributed by atoms with van der Waals surface area (Å²) in [5.74, 6) is 0.179. The van der Waals surface area contributed by atoms with Crippen LogP contribution in [0.4, 0.5) is 13.2 Å². The molecule has 0 fully saturated rings. The molecule has 0 aromatic carbocycles. The summed E-state index contributed by atoms with van der Waals surface area (Å²) < 4.78 is 42.3. The number of hydrogen-bond donors (Lipinski definition) is 0. The topological polar surface area (TPSA) is 33.5 Å². The van der Waals surface area contributed by atoms with Crippen LogP contribution in [0, 0.1) is 0 Å². The van der Waals surface area contributed by atoms with Gasteiger partial charge in [-0.1, -0.05) is 0 Å². The van der Waals surface area contributed by atoms with E-state index < -0.39 is 18.6 Å². The van der Waals surface area contributed by atoms with Crippen molar-refractivity contribution in [3.8, 4) is 0 Å². The molecule has 0 aliphatic carbocycles. The van der Waals surface area contributed by atoms with Gasteiger partial charge in [0.05, 0.1) is 12.8 Å². The van der Waals surface area contributed by atoms with Gasteiger partial charge in [0.2, 0.25) is 5.91 Å². The fraction of sp³-hybridized carbons (Fsp3) is 0.583. The molecule has 1 heterocycles. The lowest BCUT2D eigenvalue weighted by Crippen LogP contribution is -2.38. The van der Waals surface area contributed by atoms with Crippen LogP contribution < -0.4 is 0 Å². The van der Waals surface area contributed by atoms with E-state index in [1.54, 1.807) is 6.07 Å². The van der Waals surface area contributed by atoms with Crippen LogP contribution in [-0.4, -0.2) is 29.4 Å². The third-order valence-corrected chi connectivity index (χ3v) is 2.69. The summed E-state index contributed by atoms with van der Waals surface area (Å²) in [6, 6.07) is 3.11. The van der Waals surface area contributed by atoms with Crippen molar-refractivity contribution in [2.45, 2.75) is 32.0 Å². The largest absolute Gasteiger partial charge is 0.467 e. The molecule has 1 aromatic heterocycles. The van der Waals surface area contributed by atoms with Crippen LogP contribution in [0.5, 0.6) is 0 Å². The summed E-state index contributed by atoms with van der Waals surface area (Å²) in [5, 5.41) is 0. The first-order chi connectivity index (χ1) is 8.92. The number of alkyl halides is 4. The first-order valence-electron chi connectivity index (χ1n) is 5.85. The molecule has 0 radical (unpaired) electrons. The van der Waals surface area contributed by atoms with Crippen molar-refractivity contribution in [2.75, 3.05) is 12.4 Å². The van der Waals surface area contributed by atoms with Gasteiger partial charge in [0.15, 0.2) is 0 Å². The molecule has 0 aliphatic heterocycles. The van der Waals surface area contributed by atoms with Gasteiger partial charge in [-0.15, -0.1) is 11.6 Å². The molecule has 1 amide bonds. The molecule has 0 unspecified atom stereocenters. The fourth-order valence-electron chi connectivity index (χ4n) is 1.57. The Morgan fingerprint density at radius 2 is 2.11 bits per heavy atom. The molecular formula is C12H15ClF3NO2. The molecule has 0 saturated carbocycles. The van der Waals surface area contributed by atoms with E-state index in [0.717, 1.165) is 4.90 Å². The van der Waals surface area contributed by atoms with Crippen LogP contribution in [0.2, 0.25) is 0 Å². The number of halogens is 4. The van der Waals surface area contributed by atoms with Gasteiger partial charge in [0.1, 0.15) is 12.3 Å². The van der Waals surface area contributed by atoms with Crippen LogP contribution in [-0.2, 0) is 11.3 Å². The van der Waals surface area contributed by atoms with Crippen molar-refractivity contribution in [3.05, 3.63) is 24.2 Å². The van der Waals surface area contributed by atoms with Gasteiger partial charge in [-0.2, -0.15) is 13.2 Å². The van der Waals surface area contributed by atoms with Crippen molar-refractivity contribution in [1.29, 1.82) is 0 Å². The Morgan fingerprint density at radius 1 is 1.37 bits per heavy atom. The smallest absolute Gasteiger partial charge is 0.406 e. The molecule has 0 spiro atoms. The van der Waals surface area contributed by atoms with Crippen LogP contribution >= 0.6 is 11.6 Å². The van der Waals surface area contributed by atoms with E-state index in [-0.39, 0.29) is 13.0 Å². The van der Waals surface area contributed by atoms with Gasteiger partial charge in [0.25, 0.3) is 0 Å². The van der Waals surface area contributed by atoms with Gasteiger partial charge < -0.3 is 9.32 Å². The second kappa shape index (κ2) is 7.43. The molecule has 1 rings (SSSR count). The number of nitrogens with zero attached hydrogens (tertiary/aromatic N) is 1. The van der Waals surface area contributed by atoms with Crippen molar-refractivity contribution < 1.29 is 22.4 Å². The lowest BCUT2D eigenvalue weighted by molar-refractivity contribution is -0.162. The van der Waals surface area contributed by atoms with E-state index >= 15 is 0 Å². The highest BCUT2D eigenvalue weighted by molar-refractivity contribution is 6.17. The molecule has 19 heavy (non-hydrogen) atoms. The van der Waals surface area contributed by atoms with Gasteiger partial charge in [-0.05, 0) is 25.0 Å². The van der Waals surface area contributed by atoms with Crippen LogP contribution in [0.1, 0.15) is 25.0 Å². The van der Waals surface area contributed by atoms with Crippen molar-refractivity contribution in [2.24, 2.45) is 0 Å².